The number of likely N-dealkylation sites (tertiary alicyclic amines) is 1. The van der Waals surface area contributed by atoms with E-state index in [2.05, 4.69) is 15.6 Å². The lowest BCUT2D eigenvalue weighted by Gasteiger charge is -2.20. The molecule has 1 aliphatic heterocycles. The first kappa shape index (κ1) is 24.0. The number of ether oxygens (including phenoxy) is 1. The van der Waals surface area contributed by atoms with Crippen molar-refractivity contribution >= 4 is 35.8 Å². The molecular formula is C23H31IN4O2. The molecule has 1 atom stereocenters. The second-order valence-corrected chi connectivity index (χ2v) is 7.55. The lowest BCUT2D eigenvalue weighted by atomic mass is 10.2. The molecule has 3 rings (SSSR count). The molecule has 30 heavy (non-hydrogen) atoms. The molecule has 0 spiro atoms. The van der Waals surface area contributed by atoms with Crippen molar-refractivity contribution < 1.29 is 9.53 Å². The predicted octanol–water partition coefficient (Wildman–Crippen LogP) is 4.02. The van der Waals surface area contributed by atoms with Crippen molar-refractivity contribution in [1.82, 2.24) is 15.5 Å². The van der Waals surface area contributed by atoms with Crippen LogP contribution in [-0.2, 0) is 11.3 Å². The normalized spacial score (nSPS) is 16.2. The highest BCUT2D eigenvalue weighted by atomic mass is 127. The van der Waals surface area contributed by atoms with Crippen LogP contribution in [0, 0.1) is 5.92 Å². The molecule has 1 heterocycles. The molecule has 0 saturated carbocycles. The van der Waals surface area contributed by atoms with Crippen LogP contribution in [0.3, 0.4) is 0 Å². The quantitative estimate of drug-likeness (QED) is 0.342. The monoisotopic (exact) mass is 522 g/mol. The van der Waals surface area contributed by atoms with Crippen LogP contribution in [0.2, 0.25) is 0 Å². The van der Waals surface area contributed by atoms with Crippen LogP contribution in [-0.4, -0.2) is 42.9 Å². The molecule has 162 valence electrons. The Hall–Kier alpha value is -2.29. The van der Waals surface area contributed by atoms with Crippen molar-refractivity contribution in [2.24, 2.45) is 10.9 Å². The number of benzene rings is 2. The zero-order valence-corrected chi connectivity index (χ0v) is 20.1. The van der Waals surface area contributed by atoms with Crippen LogP contribution >= 0.6 is 24.0 Å². The van der Waals surface area contributed by atoms with Gasteiger partial charge in [0.15, 0.2) is 5.96 Å². The van der Waals surface area contributed by atoms with Gasteiger partial charge in [-0.1, -0.05) is 44.2 Å². The van der Waals surface area contributed by atoms with E-state index in [0.29, 0.717) is 6.54 Å². The van der Waals surface area contributed by atoms with Crippen LogP contribution in [0.1, 0.15) is 25.8 Å². The number of carbonyl (C=O) groups excluding carboxylic acids is 1. The van der Waals surface area contributed by atoms with Gasteiger partial charge in [-0.2, -0.15) is 0 Å². The highest BCUT2D eigenvalue weighted by molar-refractivity contribution is 14.0. The molecule has 1 saturated heterocycles. The first-order chi connectivity index (χ1) is 14.0. The molecule has 2 N–H and O–H groups in total. The molecule has 0 bridgehead atoms. The molecule has 1 amide bonds. The van der Waals surface area contributed by atoms with Gasteiger partial charge in [-0.3, -0.25) is 9.79 Å². The van der Waals surface area contributed by atoms with Gasteiger partial charge in [0.25, 0.3) is 0 Å². The minimum atomic E-state index is 0. The lowest BCUT2D eigenvalue weighted by molar-refractivity contribution is -0.133. The summed E-state index contributed by atoms with van der Waals surface area (Å²) in [5.74, 6) is 2.64. The Morgan fingerprint density at radius 1 is 1.13 bits per heavy atom. The molecule has 6 nitrogen and oxygen atoms in total. The SMILES string of the molecule is CN=C(NCc1ccc(Oc2ccccc2)cc1)NC1CCN(C(=O)C(C)C)C1.I. The fraction of sp³-hybridized carbons (Fsp3) is 0.391. The third kappa shape index (κ3) is 6.90. The molecule has 1 fully saturated rings. The van der Waals surface area contributed by atoms with E-state index in [4.69, 9.17) is 4.74 Å². The summed E-state index contributed by atoms with van der Waals surface area (Å²) in [4.78, 5) is 18.4. The first-order valence-corrected chi connectivity index (χ1v) is 10.1. The molecular weight excluding hydrogens is 491 g/mol. The number of hydrogen-bond donors (Lipinski definition) is 2. The van der Waals surface area contributed by atoms with Crippen molar-refractivity contribution in [3.8, 4) is 11.5 Å². The second-order valence-electron chi connectivity index (χ2n) is 7.55. The van der Waals surface area contributed by atoms with E-state index in [1.54, 1.807) is 7.05 Å². The third-order valence-electron chi connectivity index (χ3n) is 4.92. The third-order valence-corrected chi connectivity index (χ3v) is 4.92. The van der Waals surface area contributed by atoms with Gasteiger partial charge in [0.05, 0.1) is 0 Å². The number of nitrogens with one attached hydrogen (secondary N) is 2. The Morgan fingerprint density at radius 2 is 1.80 bits per heavy atom. The maximum absolute atomic E-state index is 12.1. The van der Waals surface area contributed by atoms with Crippen molar-refractivity contribution in [2.45, 2.75) is 32.9 Å². The van der Waals surface area contributed by atoms with Gasteiger partial charge >= 0.3 is 0 Å². The highest BCUT2D eigenvalue weighted by Crippen LogP contribution is 2.21. The summed E-state index contributed by atoms with van der Waals surface area (Å²) in [5.41, 5.74) is 1.14. The van der Waals surface area contributed by atoms with Gasteiger partial charge in [-0.05, 0) is 36.2 Å². The van der Waals surface area contributed by atoms with Gasteiger partial charge < -0.3 is 20.3 Å². The van der Waals surface area contributed by atoms with Crippen molar-refractivity contribution in [1.29, 1.82) is 0 Å². The minimum absolute atomic E-state index is 0. The van der Waals surface area contributed by atoms with E-state index in [1.807, 2.05) is 73.3 Å². The van der Waals surface area contributed by atoms with Crippen LogP contribution < -0.4 is 15.4 Å². The molecule has 0 aliphatic carbocycles. The Kier molecular flexibility index (Phi) is 9.42. The summed E-state index contributed by atoms with van der Waals surface area (Å²) in [6.45, 7) is 6.07. The van der Waals surface area contributed by atoms with E-state index in [1.165, 1.54) is 0 Å². The zero-order chi connectivity index (χ0) is 20.6. The van der Waals surface area contributed by atoms with Crippen molar-refractivity contribution in [3.63, 3.8) is 0 Å². The van der Waals surface area contributed by atoms with E-state index < -0.39 is 0 Å². The molecule has 0 aromatic heterocycles. The van der Waals surface area contributed by atoms with Gasteiger partial charge in [0, 0.05) is 38.6 Å². The van der Waals surface area contributed by atoms with E-state index in [0.717, 1.165) is 42.5 Å². The fourth-order valence-electron chi connectivity index (χ4n) is 3.32. The van der Waals surface area contributed by atoms with Crippen molar-refractivity contribution in [3.05, 3.63) is 60.2 Å². The molecule has 7 heteroatoms. The van der Waals surface area contributed by atoms with Crippen molar-refractivity contribution in [2.75, 3.05) is 20.1 Å². The van der Waals surface area contributed by atoms with Crippen LogP contribution in [0.15, 0.2) is 59.6 Å². The fourth-order valence-corrected chi connectivity index (χ4v) is 3.32. The van der Waals surface area contributed by atoms with E-state index in [9.17, 15) is 4.79 Å². The van der Waals surface area contributed by atoms with E-state index >= 15 is 0 Å². The Bertz CT molecular complexity index is 825. The smallest absolute Gasteiger partial charge is 0.225 e. The number of nitrogens with zero attached hydrogens (tertiary/aromatic N) is 2. The summed E-state index contributed by atoms with van der Waals surface area (Å²) < 4.78 is 5.83. The molecule has 0 radical (unpaired) electrons. The largest absolute Gasteiger partial charge is 0.457 e. The first-order valence-electron chi connectivity index (χ1n) is 10.1. The molecule has 2 aromatic rings. The number of para-hydroxylation sites is 1. The van der Waals surface area contributed by atoms with Crippen LogP contribution in [0.4, 0.5) is 0 Å². The lowest BCUT2D eigenvalue weighted by Crippen LogP contribution is -2.45. The Balaban J connectivity index is 0.00000320. The molecule has 1 unspecified atom stereocenters. The van der Waals surface area contributed by atoms with Gasteiger partial charge in [0.2, 0.25) is 5.91 Å². The van der Waals surface area contributed by atoms with Gasteiger partial charge in [-0.25, -0.2) is 0 Å². The number of guanidine groups is 1. The van der Waals surface area contributed by atoms with Crippen LogP contribution in [0.25, 0.3) is 0 Å². The summed E-state index contributed by atoms with van der Waals surface area (Å²) in [6, 6.07) is 18.0. The summed E-state index contributed by atoms with van der Waals surface area (Å²) >= 11 is 0. The Morgan fingerprint density at radius 3 is 2.43 bits per heavy atom. The highest BCUT2D eigenvalue weighted by Gasteiger charge is 2.27. The summed E-state index contributed by atoms with van der Waals surface area (Å²) in [6.07, 6.45) is 0.935. The molecule has 1 aliphatic rings. The van der Waals surface area contributed by atoms with Crippen LogP contribution in [0.5, 0.6) is 11.5 Å². The predicted molar refractivity (Wildman–Crippen MR) is 132 cm³/mol. The summed E-state index contributed by atoms with van der Waals surface area (Å²) in [7, 11) is 1.76. The second kappa shape index (κ2) is 11.8. The molecule has 2 aromatic carbocycles. The number of halogens is 1. The average molecular weight is 522 g/mol. The number of carbonyl (C=O) groups is 1. The number of hydrogen-bond acceptors (Lipinski definition) is 3. The summed E-state index contributed by atoms with van der Waals surface area (Å²) in [5, 5.41) is 6.77. The zero-order valence-electron chi connectivity index (χ0n) is 17.8. The standard InChI is InChI=1S/C23H30N4O2.HI/c1-17(2)22(28)27-14-13-19(16-27)26-23(24-3)25-15-18-9-11-21(12-10-18)29-20-7-5-4-6-8-20;/h4-12,17,19H,13-16H2,1-3H3,(H2,24,25,26);1H. The van der Waals surface area contributed by atoms with Gasteiger partial charge in [0.1, 0.15) is 11.5 Å². The minimum Gasteiger partial charge on any atom is -0.457 e. The van der Waals surface area contributed by atoms with Gasteiger partial charge in [-0.15, -0.1) is 24.0 Å². The maximum atomic E-state index is 12.1. The van der Waals surface area contributed by atoms with E-state index in [-0.39, 0.29) is 41.8 Å². The maximum Gasteiger partial charge on any atom is 0.225 e. The topological polar surface area (TPSA) is 66.0 Å². The average Bonchev–Trinajstić information content (AvgIpc) is 3.20. The number of amides is 1. The Labute approximate surface area is 196 Å². The number of rotatable bonds is 6. The number of aliphatic imine (C=N–C) groups is 1.